The Labute approximate surface area is 248 Å². The molecule has 4 nitrogen and oxygen atoms in total. The van der Waals surface area contributed by atoms with Crippen molar-refractivity contribution in [1.82, 2.24) is 9.13 Å². The van der Waals surface area contributed by atoms with Crippen LogP contribution in [0.5, 0.6) is 0 Å². The number of hydrogen-bond acceptors (Lipinski definition) is 1. The number of nitrogens with zero attached hydrogens (tertiary/aromatic N) is 4. The van der Waals surface area contributed by atoms with Crippen LogP contribution in [0.1, 0.15) is 13.8 Å². The van der Waals surface area contributed by atoms with Gasteiger partial charge in [0.05, 0.1) is 0 Å². The molecular formula is C35H24AuN4-4. The minimum Gasteiger partial charge on any atom is -0.559 e. The summed E-state index contributed by atoms with van der Waals surface area (Å²) >= 11 is 0. The molecule has 1 atom stereocenters. The standard InChI is InChI=1S/C35H24N4.Au/c1-23-20-24(2)39(36-23)27-17-19-31-29-13-7-9-15-33(29)38(35(31)22-27)26-16-18-30-28-12-6-8-14-32(28)37(34(30)21-26)25-10-4-3-5-11-25;/h3-10,12-20,23H,1-2H3;/q-4;. The van der Waals surface area contributed by atoms with Gasteiger partial charge in [0.25, 0.3) is 0 Å². The quantitative estimate of drug-likeness (QED) is 0.134. The van der Waals surface area contributed by atoms with E-state index in [-0.39, 0.29) is 28.4 Å². The van der Waals surface area contributed by atoms with Crippen molar-refractivity contribution in [2.24, 2.45) is 0 Å². The average molecular weight is 698 g/mol. The summed E-state index contributed by atoms with van der Waals surface area (Å²) in [4.78, 5) is 0. The number of aromatic nitrogens is 2. The maximum atomic E-state index is 4.80. The molecule has 0 bridgehead atoms. The van der Waals surface area contributed by atoms with Gasteiger partial charge in [-0.1, -0.05) is 77.5 Å². The first kappa shape index (κ1) is 24.9. The van der Waals surface area contributed by atoms with Crippen molar-refractivity contribution in [3.8, 4) is 11.4 Å². The number of anilines is 1. The summed E-state index contributed by atoms with van der Waals surface area (Å²) in [6, 6.07) is 45.0. The van der Waals surface area contributed by atoms with Gasteiger partial charge in [0, 0.05) is 33.4 Å². The number of fused-ring (bicyclic) bond motifs is 6. The summed E-state index contributed by atoms with van der Waals surface area (Å²) in [6.07, 6.45) is 2.18. The number of allylic oxidation sites excluding steroid dienone is 1. The van der Waals surface area contributed by atoms with Gasteiger partial charge in [-0.15, -0.1) is 47.1 Å². The van der Waals surface area contributed by atoms with Crippen molar-refractivity contribution in [3.63, 3.8) is 0 Å². The zero-order valence-corrected chi connectivity index (χ0v) is 24.1. The molecule has 5 aromatic carbocycles. The van der Waals surface area contributed by atoms with Gasteiger partial charge in [0.2, 0.25) is 0 Å². The smallest absolute Gasteiger partial charge is 0.0375 e. The van der Waals surface area contributed by atoms with Crippen LogP contribution in [0.4, 0.5) is 5.69 Å². The molecule has 3 heterocycles. The van der Waals surface area contributed by atoms with Gasteiger partial charge >= 0.3 is 0 Å². The molecule has 0 saturated carbocycles. The fourth-order valence-electron chi connectivity index (χ4n) is 6.02. The number of hydrogen-bond donors (Lipinski definition) is 0. The van der Waals surface area contributed by atoms with Crippen LogP contribution in [-0.4, -0.2) is 15.2 Å². The molecule has 0 spiro atoms. The van der Waals surface area contributed by atoms with Crippen LogP contribution in [0.25, 0.3) is 60.4 Å². The summed E-state index contributed by atoms with van der Waals surface area (Å²) in [5, 5.41) is 6.73. The summed E-state index contributed by atoms with van der Waals surface area (Å²) < 4.78 is 4.54. The van der Waals surface area contributed by atoms with E-state index in [1.54, 1.807) is 0 Å². The molecule has 0 fully saturated rings. The molecule has 0 N–H and O–H groups in total. The minimum atomic E-state index is 0. The van der Waals surface area contributed by atoms with Crippen molar-refractivity contribution in [3.05, 3.63) is 132 Å². The van der Waals surface area contributed by atoms with Crippen LogP contribution in [0.2, 0.25) is 0 Å². The van der Waals surface area contributed by atoms with Gasteiger partial charge in [0.1, 0.15) is 0 Å². The Bertz CT molecular complexity index is 2080. The second kappa shape index (κ2) is 9.54. The number of benzene rings is 5. The molecule has 0 amide bonds. The molecule has 1 aliphatic heterocycles. The van der Waals surface area contributed by atoms with E-state index >= 15 is 0 Å². The van der Waals surface area contributed by atoms with Gasteiger partial charge in [-0.3, -0.25) is 0 Å². The zero-order valence-electron chi connectivity index (χ0n) is 22.0. The first-order chi connectivity index (χ1) is 19.2. The fourth-order valence-corrected chi connectivity index (χ4v) is 6.02. The Morgan fingerprint density at radius 2 is 1.20 bits per heavy atom. The van der Waals surface area contributed by atoms with E-state index in [1.165, 1.54) is 16.2 Å². The summed E-state index contributed by atoms with van der Waals surface area (Å²) in [5.41, 5.74) is 13.2. The fraction of sp³-hybridized carbons (Fsp3) is 0.0857. The maximum absolute atomic E-state index is 4.80. The predicted molar refractivity (Wildman–Crippen MR) is 161 cm³/mol. The van der Waals surface area contributed by atoms with Crippen LogP contribution in [-0.2, 0) is 22.4 Å². The van der Waals surface area contributed by atoms with E-state index in [9.17, 15) is 0 Å². The second-order valence-electron chi connectivity index (χ2n) is 10.1. The molecule has 40 heavy (non-hydrogen) atoms. The van der Waals surface area contributed by atoms with E-state index in [2.05, 4.69) is 132 Å². The van der Waals surface area contributed by atoms with Crippen LogP contribution in [0, 0.1) is 18.2 Å². The van der Waals surface area contributed by atoms with Gasteiger partial charge in [-0.2, -0.15) is 36.4 Å². The molecule has 7 aromatic rings. The van der Waals surface area contributed by atoms with Gasteiger partial charge in [-0.05, 0) is 35.5 Å². The average Bonchev–Trinajstić information content (AvgIpc) is 3.61. The van der Waals surface area contributed by atoms with Gasteiger partial charge in [-0.25, -0.2) is 0 Å². The van der Waals surface area contributed by atoms with Crippen molar-refractivity contribution in [2.75, 3.05) is 5.01 Å². The van der Waals surface area contributed by atoms with E-state index in [0.29, 0.717) is 0 Å². The second-order valence-corrected chi connectivity index (χ2v) is 10.1. The third-order valence-corrected chi connectivity index (χ3v) is 7.65. The number of rotatable bonds is 3. The van der Waals surface area contributed by atoms with Crippen molar-refractivity contribution in [1.29, 1.82) is 0 Å². The Morgan fingerprint density at radius 3 is 1.80 bits per heavy atom. The predicted octanol–water partition coefficient (Wildman–Crippen LogP) is 8.68. The van der Waals surface area contributed by atoms with Crippen LogP contribution in [0.3, 0.4) is 0 Å². The van der Waals surface area contributed by atoms with Gasteiger partial charge in [0.15, 0.2) is 0 Å². The third-order valence-electron chi connectivity index (χ3n) is 7.65. The third kappa shape index (κ3) is 3.69. The maximum Gasteiger partial charge on any atom is 0.0375 e. The summed E-state index contributed by atoms with van der Waals surface area (Å²) in [6.45, 7) is 4.20. The first-order valence-electron chi connectivity index (χ1n) is 13.2. The topological polar surface area (TPSA) is 27.2 Å². The van der Waals surface area contributed by atoms with E-state index in [0.717, 1.165) is 50.2 Å². The molecule has 0 saturated heterocycles. The van der Waals surface area contributed by atoms with E-state index < -0.39 is 0 Å². The Hall–Kier alpha value is -4.06. The van der Waals surface area contributed by atoms with E-state index in [4.69, 9.17) is 5.43 Å². The SMILES string of the molecule is CC1=CC(C)[N-]N1c1[c-]c2c(cc1)c1ccccc1n2-c1[c-]c2c(cc1)c1ccccc1n2-c1[c-]cccc1.[Au]. The monoisotopic (exact) mass is 697 g/mol. The van der Waals surface area contributed by atoms with Crippen LogP contribution < -0.4 is 5.01 Å². The zero-order chi connectivity index (χ0) is 26.1. The first-order valence-corrected chi connectivity index (χ1v) is 13.2. The molecule has 0 aliphatic carbocycles. The summed E-state index contributed by atoms with van der Waals surface area (Å²) in [7, 11) is 0. The molecule has 1 unspecified atom stereocenters. The molecule has 199 valence electrons. The minimum absolute atomic E-state index is 0. The van der Waals surface area contributed by atoms with Crippen LogP contribution in [0.15, 0.2) is 109 Å². The molecule has 1 aliphatic rings. The summed E-state index contributed by atoms with van der Waals surface area (Å²) in [5.74, 6) is 0. The molecule has 5 heteroatoms. The molecule has 8 rings (SSSR count). The molecular weight excluding hydrogens is 673 g/mol. The van der Waals surface area contributed by atoms with Crippen molar-refractivity contribution in [2.45, 2.75) is 19.9 Å². The number of para-hydroxylation sites is 3. The van der Waals surface area contributed by atoms with Crippen LogP contribution >= 0.6 is 0 Å². The largest absolute Gasteiger partial charge is 0.559 e. The van der Waals surface area contributed by atoms with Gasteiger partial charge < -0.3 is 19.6 Å². The molecule has 2 aromatic heterocycles. The molecule has 1 radical (unpaired) electrons. The van der Waals surface area contributed by atoms with E-state index in [1.807, 2.05) is 17.1 Å². The van der Waals surface area contributed by atoms with Crippen molar-refractivity contribution >= 4 is 49.3 Å². The Kier molecular flexibility index (Phi) is 5.95. The normalized spacial score (nSPS) is 15.3. The Morgan fingerprint density at radius 1 is 0.625 bits per heavy atom. The Balaban J connectivity index is 0.00000264. The van der Waals surface area contributed by atoms with Crippen molar-refractivity contribution < 1.29 is 22.4 Å².